The minimum atomic E-state index is -2.90. The van der Waals surface area contributed by atoms with E-state index in [2.05, 4.69) is 64.6 Å². The van der Waals surface area contributed by atoms with Gasteiger partial charge in [-0.2, -0.15) is 0 Å². The van der Waals surface area contributed by atoms with Crippen LogP contribution in [-0.2, 0) is 15.3 Å². The smallest absolute Gasteiger partial charge is 0.153 e. The molecule has 0 radical (unpaired) electrons. The summed E-state index contributed by atoms with van der Waals surface area (Å²) in [5.41, 5.74) is 2.60. The van der Waals surface area contributed by atoms with Gasteiger partial charge in [0.05, 0.1) is 23.8 Å². The van der Waals surface area contributed by atoms with Crippen LogP contribution < -0.4 is 9.64 Å². The number of benzene rings is 1. The molecule has 0 aromatic heterocycles. The maximum Gasteiger partial charge on any atom is 0.153 e. The molecule has 0 aliphatic carbocycles. The molecule has 0 saturated carbocycles. The quantitative estimate of drug-likeness (QED) is 0.621. The van der Waals surface area contributed by atoms with Gasteiger partial charge in [-0.25, -0.2) is 8.42 Å². The molecule has 1 aromatic rings. The first-order chi connectivity index (χ1) is 12.4. The molecular weight excluding hydrogens is 358 g/mol. The Hall–Kier alpha value is -1.23. The first-order valence-electron chi connectivity index (χ1n) is 10.2. The predicted molar refractivity (Wildman–Crippen MR) is 115 cm³/mol. The highest BCUT2D eigenvalue weighted by atomic mass is 32.2. The van der Waals surface area contributed by atoms with Crippen molar-refractivity contribution < 1.29 is 13.2 Å². The second kappa shape index (κ2) is 8.42. The summed E-state index contributed by atoms with van der Waals surface area (Å²) in [5.74, 6) is 1.31. The zero-order chi connectivity index (χ0) is 20.3. The monoisotopic (exact) mass is 395 g/mol. The summed E-state index contributed by atoms with van der Waals surface area (Å²) in [6.07, 6.45) is 3.18. The molecule has 1 aromatic carbocycles. The number of rotatable bonds is 7. The Morgan fingerprint density at radius 1 is 1.07 bits per heavy atom. The maximum absolute atomic E-state index is 11.8. The number of hydrogen-bond donors (Lipinski definition) is 0. The van der Waals surface area contributed by atoms with E-state index in [4.69, 9.17) is 4.74 Å². The Kier molecular flexibility index (Phi) is 6.88. The van der Waals surface area contributed by atoms with E-state index in [0.717, 1.165) is 30.7 Å². The summed E-state index contributed by atoms with van der Waals surface area (Å²) in [5, 5.41) is 0. The summed E-state index contributed by atoms with van der Waals surface area (Å²) in [6, 6.07) is 6.48. The molecule has 1 saturated heterocycles. The van der Waals surface area contributed by atoms with E-state index in [1.54, 1.807) is 0 Å². The molecule has 0 bridgehead atoms. The lowest BCUT2D eigenvalue weighted by atomic mass is 9.72. The van der Waals surface area contributed by atoms with E-state index in [0.29, 0.717) is 19.7 Å². The second-order valence-corrected chi connectivity index (χ2v) is 11.9. The highest BCUT2D eigenvalue weighted by Crippen LogP contribution is 2.40. The van der Waals surface area contributed by atoms with Crippen LogP contribution in [0, 0.1) is 5.41 Å². The summed E-state index contributed by atoms with van der Waals surface area (Å²) in [6.45, 7) is 15.3. The first-order valence-corrected chi connectivity index (χ1v) is 12.0. The first kappa shape index (κ1) is 22.1. The Morgan fingerprint density at radius 3 is 2.26 bits per heavy atom. The zero-order valence-electron chi connectivity index (χ0n) is 18.0. The third-order valence-electron chi connectivity index (χ3n) is 5.15. The molecular formula is C22H37NO3S. The summed E-state index contributed by atoms with van der Waals surface area (Å²) < 4.78 is 29.8. The fourth-order valence-corrected chi connectivity index (χ4v) is 5.22. The molecule has 1 aliphatic heterocycles. The average Bonchev–Trinajstić information content (AvgIpc) is 2.53. The van der Waals surface area contributed by atoms with Crippen molar-refractivity contribution in [1.82, 2.24) is 0 Å². The molecule has 5 heteroatoms. The van der Waals surface area contributed by atoms with Gasteiger partial charge in [-0.3, -0.25) is 0 Å². The van der Waals surface area contributed by atoms with Crippen molar-refractivity contribution in [3.05, 3.63) is 23.8 Å². The number of nitrogens with zero attached hydrogens (tertiary/aromatic N) is 1. The third-order valence-corrected chi connectivity index (χ3v) is 6.76. The van der Waals surface area contributed by atoms with Gasteiger partial charge in [-0.1, -0.05) is 54.0 Å². The summed E-state index contributed by atoms with van der Waals surface area (Å²) >= 11 is 0. The van der Waals surface area contributed by atoms with Crippen molar-refractivity contribution in [2.45, 2.75) is 66.2 Å². The minimum Gasteiger partial charge on any atom is -0.491 e. The Balaban J connectivity index is 2.34. The van der Waals surface area contributed by atoms with Gasteiger partial charge in [-0.05, 0) is 41.4 Å². The number of sulfone groups is 1. The van der Waals surface area contributed by atoms with Gasteiger partial charge in [0.25, 0.3) is 0 Å². The van der Waals surface area contributed by atoms with Crippen LogP contribution in [0.4, 0.5) is 5.69 Å². The van der Waals surface area contributed by atoms with Crippen LogP contribution in [0.2, 0.25) is 0 Å². The van der Waals surface area contributed by atoms with Crippen LogP contribution in [0.1, 0.15) is 66.4 Å². The van der Waals surface area contributed by atoms with Crippen molar-refractivity contribution in [3.63, 3.8) is 0 Å². The molecule has 0 atom stereocenters. The van der Waals surface area contributed by atoms with Crippen molar-refractivity contribution in [1.29, 1.82) is 0 Å². The van der Waals surface area contributed by atoms with Crippen LogP contribution in [0.5, 0.6) is 5.75 Å². The molecule has 154 valence electrons. The van der Waals surface area contributed by atoms with Crippen LogP contribution >= 0.6 is 0 Å². The van der Waals surface area contributed by atoms with Gasteiger partial charge >= 0.3 is 0 Å². The highest BCUT2D eigenvalue weighted by molar-refractivity contribution is 7.91. The molecule has 0 amide bonds. The SMILES string of the molecule is CCCCOc1ccc(C(C)(C)CC(C)(C)C)cc1N1CCS(=O)(=O)CC1. The van der Waals surface area contributed by atoms with E-state index < -0.39 is 9.84 Å². The molecule has 0 N–H and O–H groups in total. The van der Waals surface area contributed by atoms with E-state index in [1.807, 2.05) is 0 Å². The van der Waals surface area contributed by atoms with E-state index in [9.17, 15) is 8.42 Å². The van der Waals surface area contributed by atoms with Crippen LogP contribution in [0.3, 0.4) is 0 Å². The van der Waals surface area contributed by atoms with Crippen LogP contribution in [-0.4, -0.2) is 39.6 Å². The lowest BCUT2D eigenvalue weighted by Gasteiger charge is -2.35. The average molecular weight is 396 g/mol. The van der Waals surface area contributed by atoms with Gasteiger partial charge in [-0.15, -0.1) is 0 Å². The molecule has 1 heterocycles. The largest absolute Gasteiger partial charge is 0.491 e. The van der Waals surface area contributed by atoms with Crippen LogP contribution in [0.15, 0.2) is 18.2 Å². The van der Waals surface area contributed by atoms with Gasteiger partial charge in [0.2, 0.25) is 0 Å². The number of hydrogen-bond acceptors (Lipinski definition) is 4. The van der Waals surface area contributed by atoms with Crippen molar-refractivity contribution in [2.24, 2.45) is 5.41 Å². The minimum absolute atomic E-state index is 0.0385. The van der Waals surface area contributed by atoms with Gasteiger partial charge in [0.1, 0.15) is 5.75 Å². The van der Waals surface area contributed by atoms with Crippen LogP contribution in [0.25, 0.3) is 0 Å². The van der Waals surface area contributed by atoms with E-state index in [-0.39, 0.29) is 22.3 Å². The zero-order valence-corrected chi connectivity index (χ0v) is 18.8. The summed E-state index contributed by atoms with van der Waals surface area (Å²) in [4.78, 5) is 2.18. The van der Waals surface area contributed by atoms with E-state index >= 15 is 0 Å². The predicted octanol–water partition coefficient (Wildman–Crippen LogP) is 4.81. The van der Waals surface area contributed by atoms with Crippen molar-refractivity contribution >= 4 is 15.5 Å². The molecule has 27 heavy (non-hydrogen) atoms. The number of ether oxygens (including phenoxy) is 1. The number of anilines is 1. The lowest BCUT2D eigenvalue weighted by Crippen LogP contribution is -2.40. The molecule has 0 spiro atoms. The number of unbranched alkanes of at least 4 members (excludes halogenated alkanes) is 1. The molecule has 4 nitrogen and oxygen atoms in total. The van der Waals surface area contributed by atoms with Crippen molar-refractivity contribution in [2.75, 3.05) is 36.1 Å². The van der Waals surface area contributed by atoms with Gasteiger partial charge < -0.3 is 9.64 Å². The Morgan fingerprint density at radius 2 is 1.70 bits per heavy atom. The standard InChI is InChI=1S/C22H37NO3S/c1-7-8-13-26-20-10-9-18(22(5,6)17-21(2,3)4)16-19(20)23-11-14-27(24,25)15-12-23/h9-10,16H,7-8,11-15,17H2,1-6H3. The third kappa shape index (κ3) is 6.41. The second-order valence-electron chi connectivity index (χ2n) is 9.64. The fraction of sp³-hybridized carbons (Fsp3) is 0.727. The molecule has 1 fully saturated rings. The van der Waals surface area contributed by atoms with Gasteiger partial charge in [0.15, 0.2) is 9.84 Å². The lowest BCUT2D eigenvalue weighted by molar-refractivity contribution is 0.283. The Labute approximate surface area is 166 Å². The van der Waals surface area contributed by atoms with E-state index in [1.165, 1.54) is 5.56 Å². The summed E-state index contributed by atoms with van der Waals surface area (Å²) in [7, 11) is -2.90. The van der Waals surface area contributed by atoms with Crippen molar-refractivity contribution in [3.8, 4) is 5.75 Å². The molecule has 0 unspecified atom stereocenters. The Bertz CT molecular complexity index is 718. The highest BCUT2D eigenvalue weighted by Gasteiger charge is 2.30. The normalized spacial score (nSPS) is 17.8. The molecule has 1 aliphatic rings. The topological polar surface area (TPSA) is 46.6 Å². The fourth-order valence-electron chi connectivity index (χ4n) is 4.02. The molecule has 2 rings (SSSR count). The maximum atomic E-state index is 11.8. The van der Waals surface area contributed by atoms with Gasteiger partial charge in [0, 0.05) is 13.1 Å².